The van der Waals surface area contributed by atoms with Gasteiger partial charge in [-0.1, -0.05) is 25.1 Å². The molecule has 4 heteroatoms. The highest BCUT2D eigenvalue weighted by Crippen LogP contribution is 2.32. The molecular formula is C17H17FN2O. The zero-order valence-corrected chi connectivity index (χ0v) is 12.1. The van der Waals surface area contributed by atoms with Crippen molar-refractivity contribution >= 4 is 5.69 Å². The van der Waals surface area contributed by atoms with Crippen molar-refractivity contribution in [1.82, 2.24) is 0 Å². The Kier molecular flexibility index (Phi) is 4.78. The van der Waals surface area contributed by atoms with Gasteiger partial charge in [0, 0.05) is 0 Å². The molecule has 2 rings (SSSR count). The van der Waals surface area contributed by atoms with Crippen molar-refractivity contribution in [2.45, 2.75) is 19.4 Å². The number of halogens is 1. The van der Waals surface area contributed by atoms with Crippen molar-refractivity contribution < 1.29 is 9.13 Å². The van der Waals surface area contributed by atoms with Gasteiger partial charge in [-0.25, -0.2) is 4.39 Å². The molecule has 0 aliphatic carbocycles. The first-order chi connectivity index (χ1) is 10.2. The molecule has 0 heterocycles. The Labute approximate surface area is 124 Å². The highest BCUT2D eigenvalue weighted by Gasteiger charge is 2.15. The number of hydrogen-bond acceptors (Lipinski definition) is 3. The van der Waals surface area contributed by atoms with E-state index >= 15 is 0 Å². The summed E-state index contributed by atoms with van der Waals surface area (Å²) in [7, 11) is 1.56. The van der Waals surface area contributed by atoms with Gasteiger partial charge >= 0.3 is 0 Å². The third kappa shape index (κ3) is 3.32. The molecule has 1 atom stereocenters. The number of anilines is 1. The Hall–Kier alpha value is -2.54. The predicted octanol–water partition coefficient (Wildman–Crippen LogP) is 4.27. The van der Waals surface area contributed by atoms with E-state index in [0.29, 0.717) is 17.0 Å². The normalized spacial score (nSPS) is 11.5. The largest absolute Gasteiger partial charge is 0.495 e. The highest BCUT2D eigenvalue weighted by molar-refractivity contribution is 5.67. The molecule has 1 N–H and O–H groups in total. The van der Waals surface area contributed by atoms with E-state index < -0.39 is 0 Å². The van der Waals surface area contributed by atoms with Crippen LogP contribution in [0.25, 0.3) is 0 Å². The second kappa shape index (κ2) is 6.76. The van der Waals surface area contributed by atoms with Crippen molar-refractivity contribution in [3.8, 4) is 11.8 Å². The average molecular weight is 284 g/mol. The van der Waals surface area contributed by atoms with Crippen molar-refractivity contribution in [2.24, 2.45) is 0 Å². The van der Waals surface area contributed by atoms with Crippen LogP contribution in [0.1, 0.15) is 30.5 Å². The Bertz CT molecular complexity index is 664. The minimum absolute atomic E-state index is 0.0934. The smallest absolute Gasteiger partial charge is 0.143 e. The minimum atomic E-state index is -0.270. The van der Waals surface area contributed by atoms with E-state index in [0.717, 1.165) is 12.0 Å². The summed E-state index contributed by atoms with van der Waals surface area (Å²) in [4.78, 5) is 0. The fraction of sp³-hybridized carbons (Fsp3) is 0.235. The second-order valence-corrected chi connectivity index (χ2v) is 4.65. The molecule has 0 aromatic heterocycles. The van der Waals surface area contributed by atoms with Gasteiger partial charge in [0.15, 0.2) is 0 Å². The first-order valence-corrected chi connectivity index (χ1v) is 6.78. The molecule has 0 saturated heterocycles. The maximum Gasteiger partial charge on any atom is 0.143 e. The Morgan fingerprint density at radius 1 is 1.29 bits per heavy atom. The number of ether oxygens (including phenoxy) is 1. The van der Waals surface area contributed by atoms with Crippen LogP contribution in [0.3, 0.4) is 0 Å². The molecule has 0 aliphatic rings. The summed E-state index contributed by atoms with van der Waals surface area (Å²) in [5.74, 6) is 0.331. The summed E-state index contributed by atoms with van der Waals surface area (Å²) in [6.07, 6.45) is 0.756. The minimum Gasteiger partial charge on any atom is -0.495 e. The van der Waals surface area contributed by atoms with Gasteiger partial charge in [-0.15, -0.1) is 0 Å². The molecule has 1 unspecified atom stereocenters. The molecule has 0 radical (unpaired) electrons. The first-order valence-electron chi connectivity index (χ1n) is 6.78. The summed E-state index contributed by atoms with van der Waals surface area (Å²) in [6.45, 7) is 2.00. The monoisotopic (exact) mass is 284 g/mol. The van der Waals surface area contributed by atoms with Gasteiger partial charge in [-0.05, 0) is 36.2 Å². The number of para-hydroxylation sites is 1. The lowest BCUT2D eigenvalue weighted by atomic mass is 10.0. The van der Waals surface area contributed by atoms with E-state index in [2.05, 4.69) is 11.4 Å². The lowest BCUT2D eigenvalue weighted by Crippen LogP contribution is -2.12. The summed E-state index contributed by atoms with van der Waals surface area (Å²) < 4.78 is 18.7. The van der Waals surface area contributed by atoms with Gasteiger partial charge < -0.3 is 10.1 Å². The molecule has 0 aliphatic heterocycles. The molecule has 0 bridgehead atoms. The number of nitrogens with zero attached hydrogens (tertiary/aromatic N) is 1. The topological polar surface area (TPSA) is 45.0 Å². The zero-order valence-electron chi connectivity index (χ0n) is 12.1. The Morgan fingerprint density at radius 2 is 2.05 bits per heavy atom. The van der Waals surface area contributed by atoms with Crippen molar-refractivity contribution in [2.75, 3.05) is 12.4 Å². The van der Waals surface area contributed by atoms with Gasteiger partial charge in [0.1, 0.15) is 17.6 Å². The van der Waals surface area contributed by atoms with Gasteiger partial charge in [0.25, 0.3) is 0 Å². The van der Waals surface area contributed by atoms with Crippen LogP contribution in [0, 0.1) is 17.1 Å². The van der Waals surface area contributed by atoms with Crippen LogP contribution in [-0.4, -0.2) is 7.11 Å². The van der Waals surface area contributed by atoms with E-state index in [1.54, 1.807) is 31.4 Å². The third-order valence-corrected chi connectivity index (χ3v) is 3.34. The fourth-order valence-corrected chi connectivity index (χ4v) is 2.26. The molecule has 0 saturated carbocycles. The van der Waals surface area contributed by atoms with E-state index in [1.807, 2.05) is 13.0 Å². The molecule has 3 nitrogen and oxygen atoms in total. The number of hydrogen-bond donors (Lipinski definition) is 1. The number of nitriles is 1. The lowest BCUT2D eigenvalue weighted by Gasteiger charge is -2.21. The predicted molar refractivity (Wildman–Crippen MR) is 80.8 cm³/mol. The van der Waals surface area contributed by atoms with Gasteiger partial charge in [-0.2, -0.15) is 5.26 Å². The molecular weight excluding hydrogens is 267 g/mol. The first kappa shape index (κ1) is 14.9. The van der Waals surface area contributed by atoms with Gasteiger partial charge in [-0.3, -0.25) is 0 Å². The lowest BCUT2D eigenvalue weighted by molar-refractivity contribution is 0.415. The maximum atomic E-state index is 13.4. The van der Waals surface area contributed by atoms with Crippen LogP contribution in [0.5, 0.6) is 5.75 Å². The number of rotatable bonds is 5. The summed E-state index contributed by atoms with van der Waals surface area (Å²) in [5.41, 5.74) is 1.98. The summed E-state index contributed by atoms with van der Waals surface area (Å²) in [5, 5.41) is 12.5. The maximum absolute atomic E-state index is 13.4. The number of methoxy groups -OCH3 is 1. The molecule has 0 amide bonds. The summed E-state index contributed by atoms with van der Waals surface area (Å²) >= 11 is 0. The van der Waals surface area contributed by atoms with E-state index in [9.17, 15) is 9.65 Å². The van der Waals surface area contributed by atoms with Gasteiger partial charge in [0.2, 0.25) is 0 Å². The van der Waals surface area contributed by atoms with Crippen molar-refractivity contribution in [1.29, 1.82) is 5.26 Å². The highest BCUT2D eigenvalue weighted by atomic mass is 19.1. The van der Waals surface area contributed by atoms with Crippen molar-refractivity contribution in [3.05, 3.63) is 59.4 Å². The molecule has 0 spiro atoms. The van der Waals surface area contributed by atoms with Crippen LogP contribution in [-0.2, 0) is 0 Å². The molecule has 108 valence electrons. The van der Waals surface area contributed by atoms with E-state index in [-0.39, 0.29) is 11.9 Å². The average Bonchev–Trinajstić information content (AvgIpc) is 2.52. The van der Waals surface area contributed by atoms with Gasteiger partial charge in [0.05, 0.1) is 24.4 Å². The van der Waals surface area contributed by atoms with Crippen molar-refractivity contribution in [3.63, 3.8) is 0 Å². The van der Waals surface area contributed by atoms with Crippen LogP contribution < -0.4 is 10.1 Å². The summed E-state index contributed by atoms with van der Waals surface area (Å²) in [6, 6.07) is 13.8. The Morgan fingerprint density at radius 3 is 2.67 bits per heavy atom. The number of nitrogens with one attached hydrogen (secondary N) is 1. The SMILES string of the molecule is CCC(Nc1c(C#N)cccc1OC)c1cccc(F)c1. The molecule has 2 aromatic rings. The standard InChI is InChI=1S/C17H17FN2O/c1-3-15(12-6-4-8-14(18)10-12)20-17-13(11-19)7-5-9-16(17)21-2/h4-10,15,20H,3H2,1-2H3. The molecule has 2 aromatic carbocycles. The van der Waals surface area contributed by atoms with Crippen LogP contribution in [0.15, 0.2) is 42.5 Å². The van der Waals surface area contributed by atoms with Crippen LogP contribution in [0.4, 0.5) is 10.1 Å². The van der Waals surface area contributed by atoms with Crippen LogP contribution in [0.2, 0.25) is 0 Å². The second-order valence-electron chi connectivity index (χ2n) is 4.65. The Balaban J connectivity index is 2.37. The fourth-order valence-electron chi connectivity index (χ4n) is 2.26. The van der Waals surface area contributed by atoms with E-state index in [1.165, 1.54) is 12.1 Å². The third-order valence-electron chi connectivity index (χ3n) is 3.34. The molecule has 0 fully saturated rings. The quantitative estimate of drug-likeness (QED) is 0.891. The van der Waals surface area contributed by atoms with Crippen LogP contribution >= 0.6 is 0 Å². The number of benzene rings is 2. The zero-order chi connectivity index (χ0) is 15.2. The van der Waals surface area contributed by atoms with E-state index in [4.69, 9.17) is 4.74 Å². The molecule has 21 heavy (non-hydrogen) atoms.